The number of para-hydroxylation sites is 1. The zero-order valence-corrected chi connectivity index (χ0v) is 14.6. The van der Waals surface area contributed by atoms with Crippen LogP contribution in [0.25, 0.3) is 0 Å². The number of hydrogen-bond donors (Lipinski definition) is 1. The van der Waals surface area contributed by atoms with Crippen molar-refractivity contribution in [3.8, 4) is 0 Å². The highest BCUT2D eigenvalue weighted by Gasteiger charge is 2.43. The van der Waals surface area contributed by atoms with Gasteiger partial charge in [0.2, 0.25) is 5.91 Å². The van der Waals surface area contributed by atoms with Gasteiger partial charge < -0.3 is 5.73 Å². The first kappa shape index (κ1) is 17.0. The van der Waals surface area contributed by atoms with Crippen molar-refractivity contribution in [3.05, 3.63) is 53.6 Å². The molecule has 0 bridgehead atoms. The van der Waals surface area contributed by atoms with Crippen molar-refractivity contribution < 1.29 is 18.0 Å². The van der Waals surface area contributed by atoms with Crippen LogP contribution < -0.4 is 14.9 Å². The van der Waals surface area contributed by atoms with E-state index in [1.165, 1.54) is 12.1 Å². The third-order valence-electron chi connectivity index (χ3n) is 3.98. The number of carbonyl (C=O) groups excluding carboxylic acids is 2. The van der Waals surface area contributed by atoms with Crippen LogP contribution >= 0.6 is 0 Å². The number of benzene rings is 2. The Balaban J connectivity index is 2.28. The van der Waals surface area contributed by atoms with Crippen molar-refractivity contribution in [1.82, 2.24) is 0 Å². The van der Waals surface area contributed by atoms with Crippen molar-refractivity contribution in [3.63, 3.8) is 0 Å². The SMILES string of the molecule is Cc1ccc(C)c(N2C(=O)N(CC(N)=O)c3ccccc3S2(=O)=O)c1. The Morgan fingerprint density at radius 2 is 1.76 bits per heavy atom. The molecule has 2 aromatic rings. The van der Waals surface area contributed by atoms with Crippen LogP contribution in [-0.2, 0) is 14.8 Å². The van der Waals surface area contributed by atoms with E-state index in [4.69, 9.17) is 5.73 Å². The number of carbonyl (C=O) groups is 2. The van der Waals surface area contributed by atoms with Crippen LogP contribution in [0.1, 0.15) is 11.1 Å². The van der Waals surface area contributed by atoms with E-state index in [-0.39, 0.29) is 16.3 Å². The second-order valence-corrected chi connectivity index (χ2v) is 7.62. The molecular formula is C17H17N3O4S. The minimum atomic E-state index is -4.10. The lowest BCUT2D eigenvalue weighted by molar-refractivity contribution is -0.116. The van der Waals surface area contributed by atoms with Gasteiger partial charge in [0.1, 0.15) is 11.4 Å². The van der Waals surface area contributed by atoms with Crippen LogP contribution in [0.3, 0.4) is 0 Å². The molecule has 0 spiro atoms. The average Bonchev–Trinajstić information content (AvgIpc) is 2.54. The zero-order valence-electron chi connectivity index (χ0n) is 13.8. The Morgan fingerprint density at radius 1 is 1.08 bits per heavy atom. The van der Waals surface area contributed by atoms with Crippen LogP contribution in [0.2, 0.25) is 0 Å². The standard InChI is InChI=1S/C17H17N3O4S/c1-11-7-8-12(2)14(9-11)20-17(22)19(10-16(18)21)13-5-3-4-6-15(13)25(20,23)24/h3-9H,10H2,1-2H3,(H2,18,21). The van der Waals surface area contributed by atoms with Gasteiger partial charge in [-0.2, -0.15) is 4.31 Å². The number of hydrogen-bond acceptors (Lipinski definition) is 4. The van der Waals surface area contributed by atoms with Crippen LogP contribution in [0.4, 0.5) is 16.2 Å². The topological polar surface area (TPSA) is 101 Å². The Hall–Kier alpha value is -2.87. The van der Waals surface area contributed by atoms with E-state index in [1.807, 2.05) is 6.07 Å². The molecular weight excluding hydrogens is 342 g/mol. The summed E-state index contributed by atoms with van der Waals surface area (Å²) in [6.45, 7) is 3.11. The molecule has 0 atom stereocenters. The van der Waals surface area contributed by atoms with E-state index in [0.717, 1.165) is 14.8 Å². The number of sulfonamides is 1. The molecule has 1 heterocycles. The molecule has 0 aromatic heterocycles. The third kappa shape index (κ3) is 2.74. The van der Waals surface area contributed by atoms with Crippen LogP contribution in [0.5, 0.6) is 0 Å². The third-order valence-corrected chi connectivity index (χ3v) is 5.71. The van der Waals surface area contributed by atoms with Gasteiger partial charge in [-0.3, -0.25) is 9.69 Å². The number of urea groups is 1. The quantitative estimate of drug-likeness (QED) is 0.905. The number of fused-ring (bicyclic) bond motifs is 1. The maximum Gasteiger partial charge on any atom is 0.343 e. The predicted molar refractivity (Wildman–Crippen MR) is 94.0 cm³/mol. The molecule has 3 rings (SSSR count). The van der Waals surface area contributed by atoms with Gasteiger partial charge in [0.15, 0.2) is 0 Å². The van der Waals surface area contributed by atoms with Gasteiger partial charge in [-0.25, -0.2) is 13.2 Å². The molecule has 0 saturated heterocycles. The van der Waals surface area contributed by atoms with Crippen molar-refractivity contribution in [2.24, 2.45) is 5.73 Å². The van der Waals surface area contributed by atoms with Crippen molar-refractivity contribution in [2.75, 3.05) is 15.7 Å². The van der Waals surface area contributed by atoms with E-state index in [0.29, 0.717) is 5.56 Å². The molecule has 2 N–H and O–H groups in total. The second-order valence-electron chi connectivity index (χ2n) is 5.86. The number of rotatable bonds is 3. The highest BCUT2D eigenvalue weighted by Crippen LogP contribution is 2.38. The predicted octanol–water partition coefficient (Wildman–Crippen LogP) is 1.92. The fourth-order valence-corrected chi connectivity index (χ4v) is 4.44. The van der Waals surface area contributed by atoms with E-state index in [1.54, 1.807) is 38.1 Å². The zero-order chi connectivity index (χ0) is 18.4. The fraction of sp³-hybridized carbons (Fsp3) is 0.176. The number of nitrogens with two attached hydrogens (primary N) is 1. The summed E-state index contributed by atoms with van der Waals surface area (Å²) in [4.78, 5) is 25.4. The van der Waals surface area contributed by atoms with Crippen LogP contribution in [0, 0.1) is 13.8 Å². The summed E-state index contributed by atoms with van der Waals surface area (Å²) in [6.07, 6.45) is 0. The summed E-state index contributed by atoms with van der Waals surface area (Å²) in [5.41, 5.74) is 7.09. The molecule has 0 unspecified atom stereocenters. The summed E-state index contributed by atoms with van der Waals surface area (Å²) in [6, 6.07) is 10.4. The van der Waals surface area contributed by atoms with Gasteiger partial charge in [-0.05, 0) is 43.2 Å². The first-order valence-electron chi connectivity index (χ1n) is 7.55. The molecule has 8 heteroatoms. The molecule has 0 fully saturated rings. The van der Waals surface area contributed by atoms with Gasteiger partial charge in [0.05, 0.1) is 11.4 Å². The lowest BCUT2D eigenvalue weighted by Crippen LogP contribution is -2.53. The summed E-state index contributed by atoms with van der Waals surface area (Å²) < 4.78 is 26.9. The number of primary amides is 1. The highest BCUT2D eigenvalue weighted by atomic mass is 32.2. The van der Waals surface area contributed by atoms with E-state index < -0.39 is 28.5 Å². The van der Waals surface area contributed by atoms with Crippen molar-refractivity contribution >= 4 is 33.3 Å². The Labute approximate surface area is 145 Å². The number of anilines is 2. The monoisotopic (exact) mass is 359 g/mol. The van der Waals surface area contributed by atoms with Gasteiger partial charge in [-0.1, -0.05) is 24.3 Å². The maximum atomic E-state index is 13.1. The average molecular weight is 359 g/mol. The lowest BCUT2D eigenvalue weighted by Gasteiger charge is -2.36. The Kier molecular flexibility index (Phi) is 4.00. The summed E-state index contributed by atoms with van der Waals surface area (Å²) >= 11 is 0. The van der Waals surface area contributed by atoms with Gasteiger partial charge >= 0.3 is 6.03 Å². The normalized spacial score (nSPS) is 15.8. The fourth-order valence-electron chi connectivity index (χ4n) is 2.79. The molecule has 2 aromatic carbocycles. The first-order chi connectivity index (χ1) is 11.7. The molecule has 1 aliphatic heterocycles. The van der Waals surface area contributed by atoms with Crippen molar-refractivity contribution in [2.45, 2.75) is 18.7 Å². The van der Waals surface area contributed by atoms with E-state index in [9.17, 15) is 18.0 Å². The molecule has 7 nitrogen and oxygen atoms in total. The number of aryl methyl sites for hydroxylation is 2. The molecule has 0 radical (unpaired) electrons. The second kappa shape index (κ2) is 5.89. The van der Waals surface area contributed by atoms with Crippen LogP contribution in [-0.4, -0.2) is 26.9 Å². The van der Waals surface area contributed by atoms with Gasteiger partial charge in [0, 0.05) is 0 Å². The minimum absolute atomic E-state index is 0.0447. The molecule has 3 amide bonds. The molecule has 130 valence electrons. The van der Waals surface area contributed by atoms with E-state index >= 15 is 0 Å². The number of nitrogens with zero attached hydrogens (tertiary/aromatic N) is 2. The van der Waals surface area contributed by atoms with Crippen LogP contribution in [0.15, 0.2) is 47.4 Å². The first-order valence-corrected chi connectivity index (χ1v) is 8.99. The molecule has 1 aliphatic rings. The molecule has 25 heavy (non-hydrogen) atoms. The summed E-state index contributed by atoms with van der Waals surface area (Å²) in [5.74, 6) is -0.733. The van der Waals surface area contributed by atoms with Gasteiger partial charge in [-0.15, -0.1) is 0 Å². The maximum absolute atomic E-state index is 13.1. The largest absolute Gasteiger partial charge is 0.368 e. The lowest BCUT2D eigenvalue weighted by atomic mass is 10.1. The number of amides is 3. The smallest absolute Gasteiger partial charge is 0.343 e. The summed E-state index contributed by atoms with van der Waals surface area (Å²) in [5, 5.41) is 0. The molecule has 0 saturated carbocycles. The van der Waals surface area contributed by atoms with Crippen molar-refractivity contribution in [1.29, 1.82) is 0 Å². The molecule has 0 aliphatic carbocycles. The Bertz CT molecular complexity index is 985. The van der Waals surface area contributed by atoms with Gasteiger partial charge in [0.25, 0.3) is 10.0 Å². The highest BCUT2D eigenvalue weighted by molar-refractivity contribution is 7.94. The van der Waals surface area contributed by atoms with E-state index in [2.05, 4.69) is 0 Å². The minimum Gasteiger partial charge on any atom is -0.368 e. The Morgan fingerprint density at radius 3 is 2.44 bits per heavy atom. The summed E-state index contributed by atoms with van der Waals surface area (Å²) in [7, 11) is -4.10.